The predicted molar refractivity (Wildman–Crippen MR) is 380 cm³/mol. The van der Waals surface area contributed by atoms with E-state index in [1.165, 1.54) is 30.6 Å². The number of hydrogen-bond donors (Lipinski definition) is 6. The van der Waals surface area contributed by atoms with E-state index in [1.807, 2.05) is 117 Å². The van der Waals surface area contributed by atoms with Gasteiger partial charge in [0.05, 0.1) is 44.7 Å². The first-order chi connectivity index (χ1) is 47.5. The van der Waals surface area contributed by atoms with E-state index in [1.54, 1.807) is 145 Å². The number of amides is 6. The zero-order chi connectivity index (χ0) is 74.1. The van der Waals surface area contributed by atoms with E-state index in [4.69, 9.17) is 28.4 Å². The summed E-state index contributed by atoms with van der Waals surface area (Å²) in [6, 6.07) is 50.1. The lowest BCUT2D eigenvalue weighted by Crippen LogP contribution is -2.48. The maximum atomic E-state index is 13.1. The van der Waals surface area contributed by atoms with Gasteiger partial charge in [-0.05, 0) is 199 Å². The monoisotopic (exact) mass is 1430 g/mol. The molecule has 9 rings (SSSR count). The second-order valence-corrected chi connectivity index (χ2v) is 30.1. The van der Waals surface area contributed by atoms with Crippen molar-refractivity contribution in [1.82, 2.24) is 40.1 Å². The van der Waals surface area contributed by atoms with Gasteiger partial charge in [-0.3, -0.25) is 4.98 Å². The van der Waals surface area contributed by atoms with Gasteiger partial charge in [-0.25, -0.2) is 58.8 Å². The fourth-order valence-corrected chi connectivity index (χ4v) is 12.1. The Labute approximate surface area is 588 Å². The molecule has 25 nitrogen and oxygen atoms in total. The SMILES string of the molecule is COc1ccc(-c2cccc(Oc3cc(C)c(C#N)cc3S(=O)(=O)NC(=O)NC(C)(C)C)c2)cc1.COc1ccc(-c2cccc(Oc3ccncc3S(=O)(=O)NC(=O)NC(C)(C)C)c2)cc1.COc1ccc(-c2cccc(Oc3ncc(C#N)cc3S(=O)(=O)NC(=O)NC(C)(C)C)c2)cc1. The molecule has 6 N–H and O–H groups in total. The number of nitriles is 2. The Morgan fingerprint density at radius 1 is 0.406 bits per heavy atom. The van der Waals surface area contributed by atoms with Crippen LogP contribution in [0.4, 0.5) is 14.4 Å². The molecule has 0 aliphatic carbocycles. The highest BCUT2D eigenvalue weighted by molar-refractivity contribution is 7.90. The van der Waals surface area contributed by atoms with E-state index in [2.05, 4.69) is 25.9 Å². The van der Waals surface area contributed by atoms with E-state index in [9.17, 15) is 50.2 Å². The molecular formula is C73H76N10O15S3. The standard InChI is InChI=1S/C26H27N3O5S.C24H24N4O5S.C23H25N3O5S/c1-17-13-23(24(15-20(17)16-27)35(31,32)29-25(30)28-26(2,3)4)34-22-8-6-7-19(14-22)18-9-11-21(33-5)12-10-18;1-24(2,3)27-23(29)28-34(30,31)21-12-16(14-25)15-26-22(21)33-20-7-5-6-18(13-20)17-8-10-19(32-4)11-9-17;1-23(2,3)25-22(27)26-32(28,29)21-15-24-13-12-20(21)31-19-7-5-6-17(14-19)16-8-10-18(30-4)11-9-16/h6-15H,1-5H3,(H2,28,29,30);5-13,15H,1-4H3,(H2,27,28,29);5-15H,1-4H3,(H2,25,26,27). The van der Waals surface area contributed by atoms with Crippen LogP contribution in [0.15, 0.2) is 203 Å². The summed E-state index contributed by atoms with van der Waals surface area (Å²) in [4.78, 5) is 43.4. The fraction of sp³-hybridized carbons (Fsp3) is 0.219. The maximum Gasteiger partial charge on any atom is 0.329 e. The van der Waals surface area contributed by atoms with E-state index in [0.29, 0.717) is 22.8 Å². The molecule has 28 heteroatoms. The summed E-state index contributed by atoms with van der Waals surface area (Å²) in [5.41, 5.74) is 4.08. The van der Waals surface area contributed by atoms with Crippen molar-refractivity contribution >= 4 is 48.2 Å². The topological polar surface area (TPSA) is 355 Å². The first kappa shape index (κ1) is 76.6. The third kappa shape index (κ3) is 22.7. The molecule has 0 fully saturated rings. The van der Waals surface area contributed by atoms with Crippen molar-refractivity contribution in [2.75, 3.05) is 21.3 Å². The number of hydrogen-bond acceptors (Lipinski definition) is 19. The molecule has 0 atom stereocenters. The Hall–Kier alpha value is -11.7. The number of nitrogens with one attached hydrogen (secondary N) is 6. The number of rotatable bonds is 18. The van der Waals surface area contributed by atoms with E-state index >= 15 is 0 Å². The number of nitrogens with zero attached hydrogens (tertiary/aromatic N) is 4. The van der Waals surface area contributed by atoms with E-state index < -0.39 is 69.7 Å². The summed E-state index contributed by atoms with van der Waals surface area (Å²) < 4.78 is 117. The summed E-state index contributed by atoms with van der Waals surface area (Å²) >= 11 is 0. The number of aryl methyl sites for hydroxylation is 1. The Kier molecular flexibility index (Phi) is 24.9. The molecule has 526 valence electrons. The Balaban J connectivity index is 0.000000213. The largest absolute Gasteiger partial charge is 0.497 e. The third-order valence-electron chi connectivity index (χ3n) is 13.6. The van der Waals surface area contributed by atoms with Gasteiger partial charge < -0.3 is 44.4 Å². The number of sulfonamides is 3. The van der Waals surface area contributed by atoms with Crippen LogP contribution in [0.25, 0.3) is 33.4 Å². The fourth-order valence-electron chi connectivity index (χ4n) is 9.05. The van der Waals surface area contributed by atoms with Gasteiger partial charge in [0.15, 0.2) is 10.6 Å². The van der Waals surface area contributed by atoms with Crippen molar-refractivity contribution in [1.29, 1.82) is 10.5 Å². The lowest BCUT2D eigenvalue weighted by molar-refractivity contribution is 0.236. The van der Waals surface area contributed by atoms with Crippen LogP contribution in [-0.4, -0.2) is 91.3 Å². The highest BCUT2D eigenvalue weighted by Crippen LogP contribution is 2.36. The summed E-state index contributed by atoms with van der Waals surface area (Å²) in [7, 11) is -8.19. The number of aromatic nitrogens is 2. The van der Waals surface area contributed by atoms with Crippen LogP contribution in [0, 0.1) is 29.6 Å². The minimum Gasteiger partial charge on any atom is -0.497 e. The summed E-state index contributed by atoms with van der Waals surface area (Å²) in [5, 5.41) is 26.2. The Morgan fingerprint density at radius 2 is 0.782 bits per heavy atom. The normalized spacial score (nSPS) is 11.4. The van der Waals surface area contributed by atoms with Crippen molar-refractivity contribution in [2.24, 2.45) is 0 Å². The second kappa shape index (κ2) is 32.8. The summed E-state index contributed by atoms with van der Waals surface area (Å²) in [6.45, 7) is 17.2. The molecule has 0 saturated heterocycles. The number of urea groups is 3. The van der Waals surface area contributed by atoms with Crippen LogP contribution < -0.4 is 58.5 Å². The minimum atomic E-state index is -4.40. The number of carbonyl (C=O) groups is 3. The smallest absolute Gasteiger partial charge is 0.329 e. The van der Waals surface area contributed by atoms with Gasteiger partial charge in [-0.2, -0.15) is 10.5 Å². The average Bonchev–Trinajstić information content (AvgIpc) is 0.807. The number of methoxy groups -OCH3 is 3. The van der Waals surface area contributed by atoms with Gasteiger partial charge in [0.2, 0.25) is 5.88 Å². The van der Waals surface area contributed by atoms with Crippen LogP contribution in [-0.2, 0) is 30.1 Å². The van der Waals surface area contributed by atoms with Crippen molar-refractivity contribution in [3.63, 3.8) is 0 Å². The molecule has 0 saturated carbocycles. The molecule has 0 aliphatic rings. The summed E-state index contributed by atoms with van der Waals surface area (Å²) in [5.74, 6) is 3.09. The molecule has 2 aromatic heterocycles. The van der Waals surface area contributed by atoms with Gasteiger partial charge in [0, 0.05) is 35.1 Å². The van der Waals surface area contributed by atoms with Crippen molar-refractivity contribution in [3.8, 4) is 97.4 Å². The van der Waals surface area contributed by atoms with Crippen LogP contribution in [0.2, 0.25) is 0 Å². The zero-order valence-corrected chi connectivity index (χ0v) is 60.0. The van der Waals surface area contributed by atoms with Gasteiger partial charge in [0.1, 0.15) is 56.1 Å². The zero-order valence-electron chi connectivity index (χ0n) is 57.5. The van der Waals surface area contributed by atoms with Gasteiger partial charge in [0.25, 0.3) is 30.1 Å². The first-order valence-electron chi connectivity index (χ1n) is 30.7. The van der Waals surface area contributed by atoms with Gasteiger partial charge in [-0.15, -0.1) is 0 Å². The number of pyridine rings is 2. The van der Waals surface area contributed by atoms with Gasteiger partial charge >= 0.3 is 18.1 Å². The second-order valence-electron chi connectivity index (χ2n) is 25.2. The number of carbonyl (C=O) groups excluding carboxylic acids is 3. The van der Waals surface area contributed by atoms with Crippen LogP contribution in [0.5, 0.6) is 51.9 Å². The predicted octanol–water partition coefficient (Wildman–Crippen LogP) is 13.7. The first-order valence-corrected chi connectivity index (χ1v) is 35.2. The van der Waals surface area contributed by atoms with Crippen molar-refractivity contribution in [3.05, 3.63) is 205 Å². The van der Waals surface area contributed by atoms with E-state index in [-0.39, 0.29) is 38.3 Å². The number of ether oxygens (including phenoxy) is 6. The molecule has 0 unspecified atom stereocenters. The molecule has 0 bridgehead atoms. The van der Waals surface area contributed by atoms with E-state index in [0.717, 1.165) is 62.9 Å². The highest BCUT2D eigenvalue weighted by atomic mass is 32.2. The highest BCUT2D eigenvalue weighted by Gasteiger charge is 2.30. The molecule has 0 aliphatic heterocycles. The Bertz CT molecular complexity index is 4910. The maximum absolute atomic E-state index is 13.1. The quantitative estimate of drug-likeness (QED) is 0.0465. The average molecular weight is 1430 g/mol. The lowest BCUT2D eigenvalue weighted by Gasteiger charge is -2.21. The van der Waals surface area contributed by atoms with Crippen LogP contribution in [0.1, 0.15) is 79.0 Å². The van der Waals surface area contributed by atoms with Crippen molar-refractivity contribution < 1.29 is 68.1 Å². The third-order valence-corrected chi connectivity index (χ3v) is 17.6. The lowest BCUT2D eigenvalue weighted by atomic mass is 10.1. The molecule has 101 heavy (non-hydrogen) atoms. The summed E-state index contributed by atoms with van der Waals surface area (Å²) in [6.07, 6.45) is 3.74. The molecule has 0 spiro atoms. The molecular weight excluding hydrogens is 1350 g/mol. The molecule has 7 aromatic carbocycles. The van der Waals surface area contributed by atoms with Crippen LogP contribution >= 0.6 is 0 Å². The molecule has 0 radical (unpaired) electrons. The number of benzene rings is 7. The Morgan fingerprint density at radius 3 is 1.16 bits per heavy atom. The van der Waals surface area contributed by atoms with Gasteiger partial charge in [-0.1, -0.05) is 72.8 Å². The molecule has 2 heterocycles. The minimum absolute atomic E-state index is 0.00376. The van der Waals surface area contributed by atoms with Crippen LogP contribution in [0.3, 0.4) is 0 Å². The van der Waals surface area contributed by atoms with Crippen molar-refractivity contribution in [2.45, 2.75) is 101 Å². The molecule has 6 amide bonds. The molecule has 9 aromatic rings.